The van der Waals surface area contributed by atoms with Gasteiger partial charge in [0.25, 0.3) is 0 Å². The summed E-state index contributed by atoms with van der Waals surface area (Å²) in [5, 5.41) is 13.5. The molecule has 0 bridgehead atoms. The maximum Gasteiger partial charge on any atom is 0.319 e. The third-order valence-electron chi connectivity index (χ3n) is 3.08. The summed E-state index contributed by atoms with van der Waals surface area (Å²) in [5.41, 5.74) is 2.08. The van der Waals surface area contributed by atoms with E-state index in [1.165, 1.54) is 0 Å². The number of urea groups is 1. The molecule has 0 aliphatic heterocycles. The average molecular weight is 291 g/mol. The Morgan fingerprint density at radius 2 is 2.14 bits per heavy atom. The Morgan fingerprint density at radius 3 is 3.00 bits per heavy atom. The first kappa shape index (κ1) is 13.6. The molecule has 1 aromatic carbocycles. The van der Waals surface area contributed by atoms with Crippen molar-refractivity contribution in [2.75, 3.05) is 5.32 Å². The lowest BCUT2D eigenvalue weighted by Crippen LogP contribution is -2.29. The third kappa shape index (κ3) is 2.88. The normalized spacial score (nSPS) is 10.1. The van der Waals surface area contributed by atoms with Gasteiger partial charge in [-0.05, 0) is 30.3 Å². The summed E-state index contributed by atoms with van der Waals surface area (Å²) in [5.74, 6) is 3.18. The van der Waals surface area contributed by atoms with Crippen LogP contribution < -0.4 is 10.6 Å². The summed E-state index contributed by atoms with van der Waals surface area (Å²) in [6.07, 6.45) is 7.18. The van der Waals surface area contributed by atoms with Gasteiger partial charge in [0.05, 0.1) is 6.54 Å². The Labute approximate surface area is 127 Å². The number of carbonyl (C=O) groups excluding carboxylic acids is 1. The SMILES string of the molecule is C#Cc1cccc(NC(=O)NCc2nnc3ccccn23)c1. The molecular formula is C16H13N5O. The van der Waals surface area contributed by atoms with Crippen molar-refractivity contribution in [3.05, 3.63) is 60.0 Å². The van der Waals surface area contributed by atoms with Gasteiger partial charge in [-0.25, -0.2) is 4.79 Å². The van der Waals surface area contributed by atoms with Crippen LogP contribution in [0.2, 0.25) is 0 Å². The smallest absolute Gasteiger partial charge is 0.319 e. The fraction of sp³-hybridized carbons (Fsp3) is 0.0625. The van der Waals surface area contributed by atoms with Crippen LogP contribution in [0.15, 0.2) is 48.7 Å². The number of anilines is 1. The number of fused-ring (bicyclic) bond motifs is 1. The summed E-state index contributed by atoms with van der Waals surface area (Å²) < 4.78 is 1.82. The molecule has 2 aromatic heterocycles. The van der Waals surface area contributed by atoms with Crippen molar-refractivity contribution in [2.24, 2.45) is 0 Å². The molecule has 0 aliphatic rings. The van der Waals surface area contributed by atoms with Gasteiger partial charge in [-0.1, -0.05) is 18.1 Å². The largest absolute Gasteiger partial charge is 0.331 e. The minimum Gasteiger partial charge on any atom is -0.331 e. The number of amides is 2. The molecule has 0 aliphatic carbocycles. The molecule has 108 valence electrons. The number of nitrogens with one attached hydrogen (secondary N) is 2. The zero-order valence-corrected chi connectivity index (χ0v) is 11.7. The minimum absolute atomic E-state index is 0.270. The fourth-order valence-electron chi connectivity index (χ4n) is 2.03. The van der Waals surface area contributed by atoms with E-state index in [1.807, 2.05) is 28.8 Å². The van der Waals surface area contributed by atoms with Gasteiger partial charge >= 0.3 is 6.03 Å². The molecular weight excluding hydrogens is 278 g/mol. The van der Waals surface area contributed by atoms with Gasteiger partial charge in [-0.3, -0.25) is 4.40 Å². The highest BCUT2D eigenvalue weighted by molar-refractivity contribution is 5.89. The van der Waals surface area contributed by atoms with Crippen molar-refractivity contribution in [3.8, 4) is 12.3 Å². The molecule has 6 heteroatoms. The summed E-state index contributed by atoms with van der Waals surface area (Å²) in [6, 6.07) is 12.4. The Morgan fingerprint density at radius 1 is 1.23 bits per heavy atom. The van der Waals surface area contributed by atoms with Crippen LogP contribution in [-0.2, 0) is 6.54 Å². The number of hydrogen-bond acceptors (Lipinski definition) is 3. The number of nitrogens with zero attached hydrogens (tertiary/aromatic N) is 3. The fourth-order valence-corrected chi connectivity index (χ4v) is 2.03. The Hall–Kier alpha value is -3.33. The van der Waals surface area contributed by atoms with E-state index in [2.05, 4.69) is 26.8 Å². The number of rotatable bonds is 3. The second-order valence-corrected chi connectivity index (χ2v) is 4.58. The van der Waals surface area contributed by atoms with Crippen LogP contribution >= 0.6 is 0 Å². The average Bonchev–Trinajstić information content (AvgIpc) is 2.96. The Balaban J connectivity index is 1.64. The van der Waals surface area contributed by atoms with Crippen LogP contribution in [0.5, 0.6) is 0 Å². The van der Waals surface area contributed by atoms with Gasteiger partial charge in [0.15, 0.2) is 11.5 Å². The van der Waals surface area contributed by atoms with Crippen molar-refractivity contribution in [1.29, 1.82) is 0 Å². The van der Waals surface area contributed by atoms with E-state index in [0.29, 0.717) is 17.1 Å². The van der Waals surface area contributed by atoms with E-state index < -0.39 is 0 Å². The van der Waals surface area contributed by atoms with Crippen LogP contribution in [0, 0.1) is 12.3 Å². The standard InChI is InChI=1S/C16H13N5O/c1-2-12-6-5-7-13(10-12)18-16(22)17-11-15-20-19-14-8-3-4-9-21(14)15/h1,3-10H,11H2,(H2,17,18,22). The number of pyridine rings is 1. The highest BCUT2D eigenvalue weighted by Crippen LogP contribution is 2.09. The van der Waals surface area contributed by atoms with E-state index in [4.69, 9.17) is 6.42 Å². The third-order valence-corrected chi connectivity index (χ3v) is 3.08. The maximum absolute atomic E-state index is 11.9. The van der Waals surface area contributed by atoms with Crippen molar-refractivity contribution in [2.45, 2.75) is 6.54 Å². The van der Waals surface area contributed by atoms with Crippen LogP contribution in [-0.4, -0.2) is 20.6 Å². The quantitative estimate of drug-likeness (QED) is 0.725. The predicted molar refractivity (Wildman–Crippen MR) is 83.2 cm³/mol. The summed E-state index contributed by atoms with van der Waals surface area (Å²) >= 11 is 0. The monoisotopic (exact) mass is 291 g/mol. The molecule has 6 nitrogen and oxygen atoms in total. The molecule has 0 unspecified atom stereocenters. The van der Waals surface area contributed by atoms with Gasteiger partial charge in [-0.2, -0.15) is 0 Å². The number of hydrogen-bond donors (Lipinski definition) is 2. The van der Waals surface area contributed by atoms with Gasteiger partial charge in [0.1, 0.15) is 0 Å². The number of terminal acetylenes is 1. The van der Waals surface area contributed by atoms with Crippen molar-refractivity contribution < 1.29 is 4.79 Å². The Bertz CT molecular complexity index is 862. The molecule has 2 amide bonds. The molecule has 3 rings (SSSR count). The minimum atomic E-state index is -0.332. The van der Waals surface area contributed by atoms with E-state index in [-0.39, 0.29) is 12.6 Å². The molecule has 22 heavy (non-hydrogen) atoms. The lowest BCUT2D eigenvalue weighted by molar-refractivity contribution is 0.251. The van der Waals surface area contributed by atoms with E-state index in [0.717, 1.165) is 5.65 Å². The molecule has 2 N–H and O–H groups in total. The molecule has 0 radical (unpaired) electrons. The van der Waals surface area contributed by atoms with E-state index in [9.17, 15) is 4.79 Å². The zero-order valence-electron chi connectivity index (χ0n) is 11.7. The number of aromatic nitrogens is 3. The molecule has 0 atom stereocenters. The number of benzene rings is 1. The summed E-state index contributed by atoms with van der Waals surface area (Å²) in [7, 11) is 0. The highest BCUT2D eigenvalue weighted by atomic mass is 16.2. The van der Waals surface area contributed by atoms with Crippen molar-refractivity contribution in [1.82, 2.24) is 19.9 Å². The zero-order chi connectivity index (χ0) is 15.4. The van der Waals surface area contributed by atoms with E-state index >= 15 is 0 Å². The van der Waals surface area contributed by atoms with Gasteiger partial charge in [0.2, 0.25) is 0 Å². The molecule has 0 saturated carbocycles. The predicted octanol–water partition coefficient (Wildman–Crippen LogP) is 2.03. The first-order valence-corrected chi connectivity index (χ1v) is 6.66. The molecule has 0 spiro atoms. The van der Waals surface area contributed by atoms with Crippen molar-refractivity contribution in [3.63, 3.8) is 0 Å². The first-order valence-electron chi connectivity index (χ1n) is 6.66. The lowest BCUT2D eigenvalue weighted by Gasteiger charge is -2.07. The molecule has 3 aromatic rings. The second-order valence-electron chi connectivity index (χ2n) is 4.58. The summed E-state index contributed by atoms with van der Waals surface area (Å²) in [6.45, 7) is 0.270. The number of carbonyl (C=O) groups is 1. The molecule has 2 heterocycles. The lowest BCUT2D eigenvalue weighted by atomic mass is 10.2. The van der Waals surface area contributed by atoms with Crippen LogP contribution in [0.25, 0.3) is 5.65 Å². The molecule has 0 fully saturated rings. The van der Waals surface area contributed by atoms with Gasteiger partial charge in [0, 0.05) is 17.4 Å². The maximum atomic E-state index is 11.9. The second kappa shape index (κ2) is 5.97. The highest BCUT2D eigenvalue weighted by Gasteiger charge is 2.07. The van der Waals surface area contributed by atoms with Crippen LogP contribution in [0.1, 0.15) is 11.4 Å². The van der Waals surface area contributed by atoms with Crippen LogP contribution in [0.4, 0.5) is 10.5 Å². The topological polar surface area (TPSA) is 71.3 Å². The molecule has 0 saturated heterocycles. The Kier molecular flexibility index (Phi) is 3.70. The summed E-state index contributed by atoms with van der Waals surface area (Å²) in [4.78, 5) is 11.9. The van der Waals surface area contributed by atoms with Gasteiger partial charge < -0.3 is 10.6 Å². The van der Waals surface area contributed by atoms with E-state index in [1.54, 1.807) is 24.3 Å². The van der Waals surface area contributed by atoms with Gasteiger partial charge in [-0.15, -0.1) is 16.6 Å². The van der Waals surface area contributed by atoms with Crippen molar-refractivity contribution >= 4 is 17.4 Å². The van der Waals surface area contributed by atoms with Crippen LogP contribution in [0.3, 0.4) is 0 Å². The first-order chi connectivity index (χ1) is 10.8.